The molecule has 1 aromatic rings. The highest BCUT2D eigenvalue weighted by molar-refractivity contribution is 6.53. The largest absolute Gasteiger partial charge is 0.463 e. The maximum absolute atomic E-state index is 12.1. The van der Waals surface area contributed by atoms with Crippen LogP contribution in [-0.4, -0.2) is 77.1 Å². The number of non-ortho nitro benzene ring substituents is 1. The van der Waals surface area contributed by atoms with E-state index < -0.39 is 33.8 Å². The van der Waals surface area contributed by atoms with Crippen LogP contribution >= 0.6 is 35.6 Å². The van der Waals surface area contributed by atoms with Crippen molar-refractivity contribution in [2.75, 3.05) is 39.5 Å². The average molecular weight is 501 g/mol. The summed E-state index contributed by atoms with van der Waals surface area (Å²) < 4.78 is 10.5. The topological polar surface area (TPSA) is 131 Å². The van der Waals surface area contributed by atoms with E-state index in [4.69, 9.17) is 32.7 Å². The molecule has 1 heterocycles. The molecule has 2 N–H and O–H groups in total. The fraction of sp³-hybridized carbons (Fsp3) is 0.556. The van der Waals surface area contributed by atoms with Gasteiger partial charge in [-0.1, -0.05) is 23.2 Å². The summed E-state index contributed by atoms with van der Waals surface area (Å²) in [4.78, 5) is 34.9. The van der Waals surface area contributed by atoms with Gasteiger partial charge in [0.05, 0.1) is 30.6 Å². The molecule has 0 aliphatic carbocycles. The van der Waals surface area contributed by atoms with Gasteiger partial charge >= 0.3 is 5.97 Å². The highest BCUT2D eigenvalue weighted by Crippen LogP contribution is 2.21. The van der Waals surface area contributed by atoms with Gasteiger partial charge in [-0.05, 0) is 17.7 Å². The molecule has 1 saturated heterocycles. The molecule has 1 aromatic carbocycles. The SMILES string of the molecule is Cl.O=C(CCN1CCOCC1)OCC(NC(=O)C(Cl)Cl)C(O)c1ccc([N+](=O)[O-])cc1. The number of nitrogens with one attached hydrogen (secondary N) is 1. The number of ether oxygens (including phenoxy) is 2. The Kier molecular flexibility index (Phi) is 12.1. The zero-order valence-electron chi connectivity index (χ0n) is 16.4. The molecule has 0 radical (unpaired) electrons. The number of halogens is 3. The first-order chi connectivity index (χ1) is 14.3. The van der Waals surface area contributed by atoms with Gasteiger partial charge in [0, 0.05) is 31.8 Å². The molecule has 174 valence electrons. The lowest BCUT2D eigenvalue weighted by atomic mass is 10.0. The molecule has 0 aromatic heterocycles. The summed E-state index contributed by atoms with van der Waals surface area (Å²) in [7, 11) is 0. The molecule has 31 heavy (non-hydrogen) atoms. The number of morpholine rings is 1. The molecule has 1 aliphatic rings. The third kappa shape index (κ3) is 9.14. The van der Waals surface area contributed by atoms with E-state index in [2.05, 4.69) is 10.2 Å². The molecule has 1 fully saturated rings. The Labute approximate surface area is 195 Å². The summed E-state index contributed by atoms with van der Waals surface area (Å²) in [5.41, 5.74) is 0.138. The van der Waals surface area contributed by atoms with Gasteiger partial charge in [-0.25, -0.2) is 0 Å². The molecule has 10 nitrogen and oxygen atoms in total. The average Bonchev–Trinajstić information content (AvgIpc) is 2.75. The third-order valence-electron chi connectivity index (χ3n) is 4.51. The second kappa shape index (κ2) is 13.7. The van der Waals surface area contributed by atoms with Gasteiger partial charge in [-0.15, -0.1) is 12.4 Å². The van der Waals surface area contributed by atoms with Crippen LogP contribution in [0.1, 0.15) is 18.1 Å². The maximum atomic E-state index is 12.1. The van der Waals surface area contributed by atoms with Gasteiger partial charge in [0.25, 0.3) is 11.6 Å². The van der Waals surface area contributed by atoms with Crippen LogP contribution in [0.2, 0.25) is 0 Å². The van der Waals surface area contributed by atoms with Gasteiger partial charge in [-0.3, -0.25) is 24.6 Å². The van der Waals surface area contributed by atoms with Crippen LogP contribution in [0.3, 0.4) is 0 Å². The quantitative estimate of drug-likeness (QED) is 0.214. The van der Waals surface area contributed by atoms with E-state index in [-0.39, 0.29) is 36.7 Å². The Hall–Kier alpha value is -1.69. The minimum absolute atomic E-state index is 0. The van der Waals surface area contributed by atoms with E-state index in [0.29, 0.717) is 19.8 Å². The van der Waals surface area contributed by atoms with Crippen molar-refractivity contribution in [2.24, 2.45) is 0 Å². The first-order valence-electron chi connectivity index (χ1n) is 9.24. The van der Waals surface area contributed by atoms with Crippen molar-refractivity contribution in [1.29, 1.82) is 0 Å². The number of benzene rings is 1. The number of amides is 1. The van der Waals surface area contributed by atoms with Gasteiger partial charge in [0.15, 0.2) is 4.84 Å². The van der Waals surface area contributed by atoms with E-state index in [1.54, 1.807) is 0 Å². The molecular weight excluding hydrogens is 477 g/mol. The number of carbonyl (C=O) groups excluding carboxylic acids is 2. The zero-order chi connectivity index (χ0) is 22.1. The van der Waals surface area contributed by atoms with Crippen LogP contribution in [0.4, 0.5) is 5.69 Å². The number of hydrogen-bond acceptors (Lipinski definition) is 8. The second-order valence-electron chi connectivity index (χ2n) is 6.60. The van der Waals surface area contributed by atoms with Crippen LogP contribution in [0.5, 0.6) is 0 Å². The molecule has 0 bridgehead atoms. The van der Waals surface area contributed by atoms with E-state index in [1.807, 2.05) is 0 Å². The summed E-state index contributed by atoms with van der Waals surface area (Å²) in [6, 6.07) is 4.09. The molecule has 2 atom stereocenters. The number of nitrogens with zero attached hydrogens (tertiary/aromatic N) is 2. The number of carbonyl (C=O) groups is 2. The van der Waals surface area contributed by atoms with Crippen molar-refractivity contribution in [3.63, 3.8) is 0 Å². The standard InChI is InChI=1S/C18H23Cl2N3O7.ClH/c19-17(20)18(26)21-14(16(25)12-1-3-13(4-2-12)23(27)28)11-30-15(24)5-6-22-7-9-29-10-8-22;/h1-4,14,16-17,25H,5-11H2,(H,21,26);1H. The van der Waals surface area contributed by atoms with E-state index >= 15 is 0 Å². The lowest BCUT2D eigenvalue weighted by Gasteiger charge is -2.27. The number of hydrogen-bond donors (Lipinski definition) is 2. The van der Waals surface area contributed by atoms with Crippen molar-refractivity contribution in [3.8, 4) is 0 Å². The summed E-state index contributed by atoms with van der Waals surface area (Å²) in [6.07, 6.45) is -1.17. The highest BCUT2D eigenvalue weighted by Gasteiger charge is 2.27. The number of nitro groups is 1. The summed E-state index contributed by atoms with van der Waals surface area (Å²) in [6.45, 7) is 2.88. The van der Waals surface area contributed by atoms with Crippen LogP contribution in [0.25, 0.3) is 0 Å². The fourth-order valence-corrected chi connectivity index (χ4v) is 2.94. The predicted molar refractivity (Wildman–Crippen MR) is 116 cm³/mol. The van der Waals surface area contributed by atoms with Crippen molar-refractivity contribution < 1.29 is 29.1 Å². The predicted octanol–water partition coefficient (Wildman–Crippen LogP) is 1.60. The van der Waals surface area contributed by atoms with Crippen LogP contribution in [0, 0.1) is 10.1 Å². The van der Waals surface area contributed by atoms with Gasteiger partial charge in [-0.2, -0.15) is 0 Å². The monoisotopic (exact) mass is 499 g/mol. The normalized spacial score (nSPS) is 16.1. The number of aliphatic hydroxyl groups is 1. The Morgan fingerprint density at radius 3 is 2.42 bits per heavy atom. The van der Waals surface area contributed by atoms with Gasteiger partial charge in [0.1, 0.15) is 12.7 Å². The Morgan fingerprint density at radius 1 is 1.26 bits per heavy atom. The number of nitro benzene ring substituents is 1. The molecule has 13 heteroatoms. The first kappa shape index (κ1) is 27.3. The maximum Gasteiger partial charge on any atom is 0.307 e. The Morgan fingerprint density at radius 2 is 1.87 bits per heavy atom. The van der Waals surface area contributed by atoms with Crippen LogP contribution in [-0.2, 0) is 19.1 Å². The van der Waals surface area contributed by atoms with Crippen LogP contribution < -0.4 is 5.32 Å². The lowest BCUT2D eigenvalue weighted by Crippen LogP contribution is -2.45. The fourth-order valence-electron chi connectivity index (χ4n) is 2.81. The molecule has 2 rings (SSSR count). The second-order valence-corrected chi connectivity index (χ2v) is 7.69. The Bertz CT molecular complexity index is 731. The minimum Gasteiger partial charge on any atom is -0.463 e. The van der Waals surface area contributed by atoms with E-state index in [1.165, 1.54) is 24.3 Å². The summed E-state index contributed by atoms with van der Waals surface area (Å²) >= 11 is 11.1. The molecule has 0 saturated carbocycles. The van der Waals surface area contributed by atoms with E-state index in [0.717, 1.165) is 13.1 Å². The van der Waals surface area contributed by atoms with Crippen LogP contribution in [0.15, 0.2) is 24.3 Å². The zero-order valence-corrected chi connectivity index (χ0v) is 18.8. The summed E-state index contributed by atoms with van der Waals surface area (Å²) in [5.74, 6) is -1.27. The molecule has 1 aliphatic heterocycles. The van der Waals surface area contributed by atoms with Crippen molar-refractivity contribution in [3.05, 3.63) is 39.9 Å². The number of esters is 1. The molecule has 1 amide bonds. The summed E-state index contributed by atoms with van der Waals surface area (Å²) in [5, 5.41) is 23.8. The molecule has 2 unspecified atom stereocenters. The smallest absolute Gasteiger partial charge is 0.307 e. The van der Waals surface area contributed by atoms with Crippen molar-refractivity contribution in [2.45, 2.75) is 23.4 Å². The lowest BCUT2D eigenvalue weighted by molar-refractivity contribution is -0.384. The van der Waals surface area contributed by atoms with Gasteiger partial charge in [0.2, 0.25) is 0 Å². The highest BCUT2D eigenvalue weighted by atomic mass is 35.5. The molecule has 0 spiro atoms. The van der Waals surface area contributed by atoms with Crippen molar-refractivity contribution in [1.82, 2.24) is 10.2 Å². The first-order valence-corrected chi connectivity index (χ1v) is 10.1. The van der Waals surface area contributed by atoms with E-state index in [9.17, 15) is 24.8 Å². The van der Waals surface area contributed by atoms with Gasteiger partial charge < -0.3 is 19.9 Å². The number of aliphatic hydroxyl groups excluding tert-OH is 1. The third-order valence-corrected chi connectivity index (χ3v) is 4.91. The number of rotatable bonds is 10. The molecular formula is C18H24Cl3N3O7. The number of alkyl halides is 2. The minimum atomic E-state index is -1.38. The Balaban J connectivity index is 0.00000480. The van der Waals surface area contributed by atoms with Crippen molar-refractivity contribution >= 4 is 53.2 Å².